The average molecular weight is 481 g/mol. The number of aliphatic carboxylic acids is 1. The van der Waals surface area contributed by atoms with Crippen LogP contribution in [0, 0.1) is 0 Å². The van der Waals surface area contributed by atoms with Gasteiger partial charge >= 0.3 is 23.7 Å². The van der Waals surface area contributed by atoms with E-state index >= 15 is 0 Å². The Hall–Kier alpha value is -3.86. The third kappa shape index (κ3) is 7.93. The second-order valence-electron chi connectivity index (χ2n) is 6.99. The predicted octanol–water partition coefficient (Wildman–Crippen LogP) is 3.44. The van der Waals surface area contributed by atoms with E-state index in [1.54, 1.807) is 19.2 Å². The molecule has 11 heteroatoms. The largest absolute Gasteiger partial charge is 0.497 e. The minimum atomic E-state index is -5.08. The van der Waals surface area contributed by atoms with Crippen LogP contribution in [0.1, 0.15) is 17.5 Å². The van der Waals surface area contributed by atoms with Gasteiger partial charge in [-0.1, -0.05) is 30.3 Å². The van der Waals surface area contributed by atoms with Crippen molar-refractivity contribution in [2.75, 3.05) is 7.11 Å². The molecule has 3 N–H and O–H groups in total. The van der Waals surface area contributed by atoms with Crippen molar-refractivity contribution < 1.29 is 41.8 Å². The first-order valence-electron chi connectivity index (χ1n) is 9.88. The van der Waals surface area contributed by atoms with Crippen molar-refractivity contribution in [3.63, 3.8) is 0 Å². The van der Waals surface area contributed by atoms with Crippen LogP contribution in [-0.4, -0.2) is 36.4 Å². The van der Waals surface area contributed by atoms with Gasteiger partial charge in [0.1, 0.15) is 24.0 Å². The van der Waals surface area contributed by atoms with E-state index in [1.807, 2.05) is 36.4 Å². The maximum Gasteiger partial charge on any atom is 0.490 e. The minimum Gasteiger partial charge on any atom is -0.497 e. The van der Waals surface area contributed by atoms with Crippen molar-refractivity contribution in [1.29, 1.82) is 0 Å². The number of ether oxygens (including phenoxy) is 2. The van der Waals surface area contributed by atoms with Crippen LogP contribution < -0.4 is 16.1 Å². The lowest BCUT2D eigenvalue weighted by Crippen LogP contribution is -2.32. The summed E-state index contributed by atoms with van der Waals surface area (Å²) in [5, 5.41) is 7.92. The highest BCUT2D eigenvalue weighted by Crippen LogP contribution is 2.23. The minimum absolute atomic E-state index is 0.186. The van der Waals surface area contributed by atoms with E-state index in [9.17, 15) is 22.8 Å². The van der Waals surface area contributed by atoms with E-state index in [1.165, 1.54) is 6.07 Å². The number of halogens is 3. The second-order valence-corrected chi connectivity index (χ2v) is 6.99. The number of methoxy groups -OCH3 is 1. The van der Waals surface area contributed by atoms with Crippen LogP contribution in [0.5, 0.6) is 5.75 Å². The molecule has 3 aromatic rings. The van der Waals surface area contributed by atoms with Gasteiger partial charge in [0.25, 0.3) is 0 Å². The Bertz CT molecular complexity index is 1180. The lowest BCUT2D eigenvalue weighted by Gasteiger charge is -2.12. The predicted molar refractivity (Wildman–Crippen MR) is 115 cm³/mol. The Morgan fingerprint density at radius 2 is 1.76 bits per heavy atom. The molecule has 0 bridgehead atoms. The van der Waals surface area contributed by atoms with Crippen LogP contribution >= 0.6 is 0 Å². The Balaban J connectivity index is 0.000000509. The molecule has 8 nitrogen and oxygen atoms in total. The highest BCUT2D eigenvalue weighted by atomic mass is 19.4. The molecule has 0 fully saturated rings. The number of nitrogens with two attached hydrogens (primary N) is 1. The normalized spacial score (nSPS) is 11.8. The molecule has 0 saturated heterocycles. The van der Waals surface area contributed by atoms with Gasteiger partial charge in [-0.15, -0.1) is 0 Å². The first-order valence-corrected chi connectivity index (χ1v) is 9.88. The molecule has 1 heterocycles. The Morgan fingerprint density at radius 3 is 2.35 bits per heavy atom. The van der Waals surface area contributed by atoms with E-state index in [2.05, 4.69) is 0 Å². The Labute approximate surface area is 191 Å². The zero-order chi connectivity index (χ0) is 25.3. The fraction of sp³-hybridized carbons (Fsp3) is 0.261. The molecule has 0 radical (unpaired) electrons. The van der Waals surface area contributed by atoms with Gasteiger partial charge in [0.2, 0.25) is 0 Å². The van der Waals surface area contributed by atoms with Gasteiger partial charge in [-0.05, 0) is 36.1 Å². The SMILES string of the molecule is COc1ccc2c(CC[C@H](N)C(=O)OCc3ccccc3)cc(=O)oc2c1.O=C(O)C(F)(F)F. The number of alkyl halides is 3. The van der Waals surface area contributed by atoms with Crippen molar-refractivity contribution in [1.82, 2.24) is 0 Å². The number of carbonyl (C=O) groups excluding carboxylic acids is 1. The van der Waals surface area contributed by atoms with Crippen molar-refractivity contribution in [3.8, 4) is 5.75 Å². The van der Waals surface area contributed by atoms with Crippen molar-refractivity contribution in [3.05, 3.63) is 76.1 Å². The number of benzene rings is 2. The summed E-state index contributed by atoms with van der Waals surface area (Å²) in [7, 11) is 1.54. The lowest BCUT2D eigenvalue weighted by atomic mass is 10.0. The quantitative estimate of drug-likeness (QED) is 0.388. The number of carboxylic acid groups (broad SMARTS) is 1. The summed E-state index contributed by atoms with van der Waals surface area (Å²) in [6, 6.07) is 15.3. The Morgan fingerprint density at radius 1 is 1.12 bits per heavy atom. The molecule has 3 rings (SSSR count). The van der Waals surface area contributed by atoms with Gasteiger partial charge in [-0.3, -0.25) is 4.79 Å². The number of rotatable bonds is 7. The molecule has 0 aliphatic heterocycles. The molecule has 0 amide bonds. The van der Waals surface area contributed by atoms with E-state index in [4.69, 9.17) is 29.5 Å². The van der Waals surface area contributed by atoms with Crippen molar-refractivity contribution in [2.45, 2.75) is 31.7 Å². The summed E-state index contributed by atoms with van der Waals surface area (Å²) in [5.74, 6) is -2.62. The highest BCUT2D eigenvalue weighted by Gasteiger charge is 2.38. The van der Waals surface area contributed by atoms with Gasteiger partial charge in [0.15, 0.2) is 0 Å². The number of hydrogen-bond acceptors (Lipinski definition) is 7. The lowest BCUT2D eigenvalue weighted by molar-refractivity contribution is -0.192. The summed E-state index contributed by atoms with van der Waals surface area (Å²) < 4.78 is 47.4. The van der Waals surface area contributed by atoms with Crippen LogP contribution in [0.2, 0.25) is 0 Å². The van der Waals surface area contributed by atoms with Gasteiger partial charge in [0, 0.05) is 17.5 Å². The van der Waals surface area contributed by atoms with Gasteiger partial charge in [0.05, 0.1) is 7.11 Å². The summed E-state index contributed by atoms with van der Waals surface area (Å²) in [6.45, 7) is 0.186. The number of hydrogen-bond donors (Lipinski definition) is 2. The summed E-state index contributed by atoms with van der Waals surface area (Å²) in [6.07, 6.45) is -4.27. The molecule has 0 aliphatic carbocycles. The molecular weight excluding hydrogens is 459 g/mol. The maximum absolute atomic E-state index is 12.1. The molecule has 34 heavy (non-hydrogen) atoms. The van der Waals surface area contributed by atoms with Gasteiger partial charge < -0.3 is 24.7 Å². The highest BCUT2D eigenvalue weighted by molar-refractivity contribution is 5.82. The number of carboxylic acids is 1. The molecule has 0 spiro atoms. The molecule has 0 unspecified atom stereocenters. The van der Waals surface area contributed by atoms with E-state index in [0.29, 0.717) is 24.2 Å². The van der Waals surface area contributed by atoms with Gasteiger partial charge in [-0.2, -0.15) is 13.2 Å². The van der Waals surface area contributed by atoms with E-state index < -0.39 is 29.8 Å². The number of aryl methyl sites for hydroxylation is 1. The number of esters is 1. The van der Waals surface area contributed by atoms with Crippen LogP contribution in [-0.2, 0) is 27.4 Å². The fourth-order valence-corrected chi connectivity index (χ4v) is 2.81. The van der Waals surface area contributed by atoms with Crippen molar-refractivity contribution in [2.24, 2.45) is 5.73 Å². The molecule has 2 aromatic carbocycles. The standard InChI is InChI=1S/C21H21NO5.C2HF3O2/c1-25-16-8-9-17-15(11-20(23)27-19(17)12-16)7-10-18(22)21(24)26-13-14-5-3-2-4-6-14;3-2(4,5)1(6)7/h2-6,8-9,11-12,18H,7,10,13,22H2,1H3;(H,6,7)/t18-;/m0./s1. The molecular formula is C23H22F3NO7. The summed E-state index contributed by atoms with van der Waals surface area (Å²) in [5.41, 5.74) is 7.62. The van der Waals surface area contributed by atoms with Gasteiger partial charge in [-0.25, -0.2) is 9.59 Å². The van der Waals surface area contributed by atoms with E-state index in [-0.39, 0.29) is 6.61 Å². The third-order valence-electron chi connectivity index (χ3n) is 4.53. The van der Waals surface area contributed by atoms with Crippen LogP contribution in [0.15, 0.2) is 63.8 Å². The summed E-state index contributed by atoms with van der Waals surface area (Å²) >= 11 is 0. The molecule has 1 aromatic heterocycles. The van der Waals surface area contributed by atoms with Crippen LogP contribution in [0.25, 0.3) is 11.0 Å². The third-order valence-corrected chi connectivity index (χ3v) is 4.53. The Kier molecular flexibility index (Phi) is 9.19. The van der Waals surface area contributed by atoms with Crippen LogP contribution in [0.3, 0.4) is 0 Å². The average Bonchev–Trinajstić information content (AvgIpc) is 2.80. The summed E-state index contributed by atoms with van der Waals surface area (Å²) in [4.78, 5) is 32.8. The molecule has 182 valence electrons. The van der Waals surface area contributed by atoms with Crippen molar-refractivity contribution >= 4 is 22.9 Å². The zero-order valence-electron chi connectivity index (χ0n) is 18.0. The first kappa shape index (κ1) is 26.4. The zero-order valence-corrected chi connectivity index (χ0v) is 18.0. The number of fused-ring (bicyclic) bond motifs is 1. The smallest absolute Gasteiger partial charge is 0.490 e. The molecule has 0 saturated carbocycles. The maximum atomic E-state index is 12.1. The van der Waals surface area contributed by atoms with E-state index in [0.717, 1.165) is 16.5 Å². The second kappa shape index (κ2) is 11.8. The monoisotopic (exact) mass is 481 g/mol. The fourth-order valence-electron chi connectivity index (χ4n) is 2.81. The number of carbonyl (C=O) groups is 2. The first-order chi connectivity index (χ1) is 16.0. The molecule has 0 aliphatic rings. The topological polar surface area (TPSA) is 129 Å². The molecule has 1 atom stereocenters. The van der Waals surface area contributed by atoms with Crippen LogP contribution in [0.4, 0.5) is 13.2 Å².